The first-order valence-electron chi connectivity index (χ1n) is 7.02. The molecule has 2 atom stereocenters. The van der Waals surface area contributed by atoms with E-state index < -0.39 is 0 Å². The van der Waals surface area contributed by atoms with Gasteiger partial charge in [-0.15, -0.1) is 0 Å². The van der Waals surface area contributed by atoms with E-state index >= 15 is 0 Å². The van der Waals surface area contributed by atoms with Gasteiger partial charge in [0, 0.05) is 31.2 Å². The second-order valence-electron chi connectivity index (χ2n) is 5.71. The van der Waals surface area contributed by atoms with Gasteiger partial charge in [-0.3, -0.25) is 4.90 Å². The first kappa shape index (κ1) is 10.8. The molecule has 1 heterocycles. The Morgan fingerprint density at radius 3 is 2.62 bits per heavy atom. The third-order valence-corrected chi connectivity index (χ3v) is 4.61. The fourth-order valence-corrected chi connectivity index (χ4v) is 3.36. The van der Waals surface area contributed by atoms with Gasteiger partial charge in [-0.25, -0.2) is 0 Å². The topological polar surface area (TPSA) is 15.3 Å². The van der Waals surface area contributed by atoms with Crippen LogP contribution in [-0.2, 0) is 0 Å². The van der Waals surface area contributed by atoms with Gasteiger partial charge >= 0.3 is 0 Å². The molecule has 0 amide bonds. The number of rotatable bonds is 3. The van der Waals surface area contributed by atoms with Crippen molar-refractivity contribution < 1.29 is 0 Å². The molecule has 0 aromatic heterocycles. The van der Waals surface area contributed by atoms with Crippen LogP contribution in [-0.4, -0.2) is 36.1 Å². The van der Waals surface area contributed by atoms with Gasteiger partial charge in [-0.05, 0) is 38.0 Å². The van der Waals surface area contributed by atoms with E-state index in [1.807, 2.05) is 0 Å². The number of hydrogen-bond donors (Lipinski definition) is 1. The van der Waals surface area contributed by atoms with Gasteiger partial charge in [-0.2, -0.15) is 0 Å². The van der Waals surface area contributed by atoms with Crippen molar-refractivity contribution in [2.45, 2.75) is 57.2 Å². The minimum absolute atomic E-state index is 0.778. The molecule has 0 radical (unpaired) electrons. The Balaban J connectivity index is 1.65. The second kappa shape index (κ2) is 4.50. The van der Waals surface area contributed by atoms with Crippen LogP contribution in [0.4, 0.5) is 0 Å². The Morgan fingerprint density at radius 2 is 2.00 bits per heavy atom. The summed E-state index contributed by atoms with van der Waals surface area (Å²) in [4.78, 5) is 2.81. The summed E-state index contributed by atoms with van der Waals surface area (Å²) in [6.45, 7) is 4.85. The summed E-state index contributed by atoms with van der Waals surface area (Å²) in [5.74, 6) is 0.995. The van der Waals surface area contributed by atoms with Gasteiger partial charge in [0.2, 0.25) is 0 Å². The number of piperazine rings is 1. The van der Waals surface area contributed by atoms with E-state index in [0.717, 1.165) is 24.0 Å². The predicted octanol–water partition coefficient (Wildman–Crippen LogP) is 2.17. The van der Waals surface area contributed by atoms with Crippen molar-refractivity contribution in [2.75, 3.05) is 13.1 Å². The molecule has 3 rings (SSSR count). The fraction of sp³-hybridized carbons (Fsp3) is 0.857. The van der Waals surface area contributed by atoms with Gasteiger partial charge in [0.1, 0.15) is 0 Å². The molecule has 1 saturated heterocycles. The van der Waals surface area contributed by atoms with E-state index in [2.05, 4.69) is 29.3 Å². The zero-order chi connectivity index (χ0) is 11.0. The molecular weight excluding hydrogens is 196 g/mol. The lowest BCUT2D eigenvalue weighted by molar-refractivity contribution is 0.0780. The van der Waals surface area contributed by atoms with Crippen LogP contribution in [0.2, 0.25) is 0 Å². The van der Waals surface area contributed by atoms with Crippen LogP contribution in [0.1, 0.15) is 39.0 Å². The lowest BCUT2D eigenvalue weighted by Gasteiger charge is -2.43. The second-order valence-corrected chi connectivity index (χ2v) is 5.71. The summed E-state index contributed by atoms with van der Waals surface area (Å²) in [6.07, 6.45) is 11.5. The van der Waals surface area contributed by atoms with E-state index in [1.54, 1.807) is 0 Å². The monoisotopic (exact) mass is 220 g/mol. The van der Waals surface area contributed by atoms with Crippen molar-refractivity contribution >= 4 is 0 Å². The van der Waals surface area contributed by atoms with Crippen molar-refractivity contribution in [3.63, 3.8) is 0 Å². The Labute approximate surface area is 99.1 Å². The highest BCUT2D eigenvalue weighted by Gasteiger charge is 2.38. The van der Waals surface area contributed by atoms with Crippen molar-refractivity contribution in [3.8, 4) is 0 Å². The summed E-state index contributed by atoms with van der Waals surface area (Å²) >= 11 is 0. The maximum atomic E-state index is 3.77. The lowest BCUT2D eigenvalue weighted by Crippen LogP contribution is -2.59. The smallest absolute Gasteiger partial charge is 0.0224 e. The third kappa shape index (κ3) is 2.05. The van der Waals surface area contributed by atoms with Gasteiger partial charge < -0.3 is 5.32 Å². The van der Waals surface area contributed by atoms with Crippen LogP contribution in [0.3, 0.4) is 0 Å². The van der Waals surface area contributed by atoms with Crippen LogP contribution < -0.4 is 5.32 Å². The molecule has 90 valence electrons. The Hall–Kier alpha value is -0.340. The summed E-state index contributed by atoms with van der Waals surface area (Å²) in [7, 11) is 0. The largest absolute Gasteiger partial charge is 0.311 e. The zero-order valence-electron chi connectivity index (χ0n) is 10.4. The molecule has 1 saturated carbocycles. The normalized spacial score (nSPS) is 37.1. The standard InChI is InChI=1S/C14H24N2/c1-2-12-9-15-14(11-7-8-11)10-16(12)13-5-3-4-6-13/h3-4,11-15H,2,5-10H2,1H3. The minimum atomic E-state index is 0.778. The van der Waals surface area contributed by atoms with Crippen LogP contribution in [0.15, 0.2) is 12.2 Å². The third-order valence-electron chi connectivity index (χ3n) is 4.61. The van der Waals surface area contributed by atoms with Gasteiger partial charge in [0.15, 0.2) is 0 Å². The fourth-order valence-electron chi connectivity index (χ4n) is 3.36. The highest BCUT2D eigenvalue weighted by atomic mass is 15.3. The Kier molecular flexibility index (Phi) is 3.03. The van der Waals surface area contributed by atoms with Gasteiger partial charge in [0.25, 0.3) is 0 Å². The molecule has 0 aromatic carbocycles. The molecular formula is C14H24N2. The summed E-state index contributed by atoms with van der Waals surface area (Å²) < 4.78 is 0. The minimum Gasteiger partial charge on any atom is -0.311 e. The maximum Gasteiger partial charge on any atom is 0.0224 e. The average Bonchev–Trinajstić information content (AvgIpc) is 3.04. The number of hydrogen-bond acceptors (Lipinski definition) is 2. The number of nitrogens with zero attached hydrogens (tertiary/aromatic N) is 1. The molecule has 0 aromatic rings. The summed E-state index contributed by atoms with van der Waals surface area (Å²) in [6, 6.07) is 2.39. The Bertz CT molecular complexity index is 260. The molecule has 0 bridgehead atoms. The highest BCUT2D eigenvalue weighted by molar-refractivity contribution is 5.03. The molecule has 2 unspecified atom stereocenters. The van der Waals surface area contributed by atoms with E-state index in [1.165, 1.54) is 45.2 Å². The lowest BCUT2D eigenvalue weighted by atomic mass is 10.00. The maximum absolute atomic E-state index is 3.77. The van der Waals surface area contributed by atoms with Crippen molar-refractivity contribution in [1.29, 1.82) is 0 Å². The van der Waals surface area contributed by atoms with Crippen LogP contribution in [0.5, 0.6) is 0 Å². The predicted molar refractivity (Wildman–Crippen MR) is 67.5 cm³/mol. The van der Waals surface area contributed by atoms with Crippen LogP contribution in [0.25, 0.3) is 0 Å². The van der Waals surface area contributed by atoms with Crippen molar-refractivity contribution in [3.05, 3.63) is 12.2 Å². The van der Waals surface area contributed by atoms with Gasteiger partial charge in [-0.1, -0.05) is 19.1 Å². The first-order chi connectivity index (χ1) is 7.88. The highest BCUT2D eigenvalue weighted by Crippen LogP contribution is 2.35. The van der Waals surface area contributed by atoms with E-state index in [4.69, 9.17) is 0 Å². The molecule has 2 aliphatic carbocycles. The quantitative estimate of drug-likeness (QED) is 0.733. The molecule has 2 nitrogen and oxygen atoms in total. The SMILES string of the molecule is CCC1CNC(C2CC2)CN1C1CC=CC1. The van der Waals surface area contributed by atoms with Gasteiger partial charge in [0.05, 0.1) is 0 Å². The molecule has 0 spiro atoms. The zero-order valence-corrected chi connectivity index (χ0v) is 10.4. The van der Waals surface area contributed by atoms with E-state index in [0.29, 0.717) is 0 Å². The summed E-state index contributed by atoms with van der Waals surface area (Å²) in [5.41, 5.74) is 0. The van der Waals surface area contributed by atoms with Crippen LogP contribution >= 0.6 is 0 Å². The van der Waals surface area contributed by atoms with E-state index in [9.17, 15) is 0 Å². The molecule has 2 heteroatoms. The molecule has 3 aliphatic rings. The molecule has 1 N–H and O–H groups in total. The molecule has 16 heavy (non-hydrogen) atoms. The van der Waals surface area contributed by atoms with E-state index in [-0.39, 0.29) is 0 Å². The van der Waals surface area contributed by atoms with Crippen LogP contribution in [0, 0.1) is 5.92 Å². The molecule has 1 aliphatic heterocycles. The average molecular weight is 220 g/mol. The summed E-state index contributed by atoms with van der Waals surface area (Å²) in [5, 5.41) is 3.77. The van der Waals surface area contributed by atoms with Crippen molar-refractivity contribution in [1.82, 2.24) is 10.2 Å². The Morgan fingerprint density at radius 1 is 1.25 bits per heavy atom. The number of nitrogens with one attached hydrogen (secondary N) is 1. The first-order valence-corrected chi connectivity index (χ1v) is 7.02. The van der Waals surface area contributed by atoms with Crippen molar-refractivity contribution in [2.24, 2.45) is 5.92 Å². The molecule has 2 fully saturated rings.